The molecule has 134 valence electrons. The van der Waals surface area contributed by atoms with Crippen LogP contribution in [-0.4, -0.2) is 24.9 Å². The molecule has 26 heavy (non-hydrogen) atoms. The summed E-state index contributed by atoms with van der Waals surface area (Å²) in [5.74, 6) is -0.143. The van der Waals surface area contributed by atoms with Crippen molar-refractivity contribution in [3.8, 4) is 0 Å². The zero-order valence-electron chi connectivity index (χ0n) is 14.5. The number of carbonyl (C=O) groups excluding carboxylic acids is 2. The number of nitrogens with one attached hydrogen (secondary N) is 1. The van der Waals surface area contributed by atoms with Crippen LogP contribution in [0.25, 0.3) is 11.0 Å². The molecular formula is C20H19NO4S. The molecular weight excluding hydrogens is 350 g/mol. The van der Waals surface area contributed by atoms with Crippen molar-refractivity contribution in [2.24, 2.45) is 0 Å². The van der Waals surface area contributed by atoms with Gasteiger partial charge in [0.1, 0.15) is 10.6 Å². The maximum Gasteiger partial charge on any atom is 0.341 e. The second-order valence-electron chi connectivity index (χ2n) is 6.21. The molecule has 1 aliphatic rings. The first-order valence-corrected chi connectivity index (χ1v) is 9.56. The average molecular weight is 369 g/mol. The van der Waals surface area contributed by atoms with Crippen molar-refractivity contribution in [2.45, 2.75) is 26.2 Å². The van der Waals surface area contributed by atoms with Crippen LogP contribution in [0.3, 0.4) is 0 Å². The molecule has 0 radical (unpaired) electrons. The summed E-state index contributed by atoms with van der Waals surface area (Å²) in [4.78, 5) is 26.1. The second kappa shape index (κ2) is 6.96. The van der Waals surface area contributed by atoms with Gasteiger partial charge in [-0.15, -0.1) is 11.3 Å². The number of fused-ring (bicyclic) bond motifs is 2. The minimum Gasteiger partial charge on any atom is -0.462 e. The molecule has 0 fully saturated rings. The maximum absolute atomic E-state index is 12.5. The molecule has 0 unspecified atom stereocenters. The van der Waals surface area contributed by atoms with Gasteiger partial charge in [0.2, 0.25) is 5.78 Å². The van der Waals surface area contributed by atoms with Crippen LogP contribution in [0.4, 0.5) is 5.00 Å². The number of furan rings is 1. The summed E-state index contributed by atoms with van der Waals surface area (Å²) in [5.41, 5.74) is 2.37. The normalized spacial score (nSPS) is 13.0. The van der Waals surface area contributed by atoms with E-state index < -0.39 is 0 Å². The Labute approximate surface area is 155 Å². The Kier molecular flexibility index (Phi) is 4.51. The van der Waals surface area contributed by atoms with E-state index in [9.17, 15) is 9.59 Å². The second-order valence-corrected chi connectivity index (χ2v) is 7.31. The third kappa shape index (κ3) is 3.01. The van der Waals surface area contributed by atoms with Crippen molar-refractivity contribution in [1.29, 1.82) is 0 Å². The number of ether oxygens (including phenoxy) is 1. The van der Waals surface area contributed by atoms with Crippen molar-refractivity contribution in [2.75, 3.05) is 18.5 Å². The van der Waals surface area contributed by atoms with E-state index in [1.165, 1.54) is 4.88 Å². The molecule has 0 saturated heterocycles. The van der Waals surface area contributed by atoms with E-state index in [0.29, 0.717) is 23.5 Å². The van der Waals surface area contributed by atoms with E-state index in [-0.39, 0.29) is 18.3 Å². The van der Waals surface area contributed by atoms with Crippen LogP contribution >= 0.6 is 11.3 Å². The molecule has 0 bridgehead atoms. The lowest BCUT2D eigenvalue weighted by Gasteiger charge is -2.07. The van der Waals surface area contributed by atoms with E-state index in [2.05, 4.69) is 5.32 Å². The first-order valence-electron chi connectivity index (χ1n) is 8.74. The number of carbonyl (C=O) groups is 2. The van der Waals surface area contributed by atoms with Crippen LogP contribution in [0.2, 0.25) is 0 Å². The Morgan fingerprint density at radius 3 is 2.92 bits per heavy atom. The molecule has 0 saturated carbocycles. The van der Waals surface area contributed by atoms with Gasteiger partial charge >= 0.3 is 5.97 Å². The smallest absolute Gasteiger partial charge is 0.341 e. The summed E-state index contributed by atoms with van der Waals surface area (Å²) in [7, 11) is 0. The number of anilines is 1. The van der Waals surface area contributed by atoms with Crippen LogP contribution in [0.5, 0.6) is 0 Å². The molecule has 0 spiro atoms. The van der Waals surface area contributed by atoms with Crippen LogP contribution in [0, 0.1) is 0 Å². The van der Waals surface area contributed by atoms with Crippen molar-refractivity contribution in [3.63, 3.8) is 0 Å². The number of benzene rings is 1. The van der Waals surface area contributed by atoms with E-state index >= 15 is 0 Å². The highest BCUT2D eigenvalue weighted by molar-refractivity contribution is 7.16. The number of ketones is 1. The third-order valence-electron chi connectivity index (χ3n) is 4.51. The van der Waals surface area contributed by atoms with Crippen molar-refractivity contribution < 1.29 is 18.7 Å². The van der Waals surface area contributed by atoms with Gasteiger partial charge in [0.15, 0.2) is 5.76 Å². The minimum absolute atomic E-state index is 0.0750. The van der Waals surface area contributed by atoms with Gasteiger partial charge in [0.25, 0.3) is 0 Å². The van der Waals surface area contributed by atoms with Gasteiger partial charge in [-0.05, 0) is 43.9 Å². The Balaban J connectivity index is 1.54. The van der Waals surface area contributed by atoms with E-state index in [1.807, 2.05) is 24.3 Å². The largest absolute Gasteiger partial charge is 0.462 e. The number of thiophene rings is 1. The maximum atomic E-state index is 12.5. The van der Waals surface area contributed by atoms with Gasteiger partial charge in [-0.3, -0.25) is 4.79 Å². The highest BCUT2D eigenvalue weighted by Crippen LogP contribution is 2.39. The number of hydrogen-bond acceptors (Lipinski definition) is 6. The fraction of sp³-hybridized carbons (Fsp3) is 0.300. The summed E-state index contributed by atoms with van der Waals surface area (Å²) in [5, 5.41) is 4.75. The summed E-state index contributed by atoms with van der Waals surface area (Å²) >= 11 is 1.55. The molecule has 0 aliphatic heterocycles. The molecule has 1 aliphatic carbocycles. The van der Waals surface area contributed by atoms with Gasteiger partial charge in [-0.1, -0.05) is 18.2 Å². The zero-order chi connectivity index (χ0) is 18.1. The van der Waals surface area contributed by atoms with Gasteiger partial charge < -0.3 is 14.5 Å². The fourth-order valence-corrected chi connectivity index (χ4v) is 4.59. The van der Waals surface area contributed by atoms with Crippen molar-refractivity contribution >= 4 is 39.1 Å². The zero-order valence-corrected chi connectivity index (χ0v) is 15.3. The van der Waals surface area contributed by atoms with Gasteiger partial charge in [0.05, 0.1) is 18.7 Å². The lowest BCUT2D eigenvalue weighted by Crippen LogP contribution is -2.15. The number of esters is 1. The van der Waals surface area contributed by atoms with Gasteiger partial charge in [-0.25, -0.2) is 4.79 Å². The van der Waals surface area contributed by atoms with E-state index in [0.717, 1.165) is 35.2 Å². The first-order chi connectivity index (χ1) is 12.7. The Morgan fingerprint density at radius 1 is 1.27 bits per heavy atom. The van der Waals surface area contributed by atoms with Gasteiger partial charge in [0, 0.05) is 10.3 Å². The lowest BCUT2D eigenvalue weighted by atomic mass is 10.1. The minimum atomic E-state index is -0.314. The highest BCUT2D eigenvalue weighted by Gasteiger charge is 2.27. The van der Waals surface area contributed by atoms with Crippen LogP contribution < -0.4 is 5.32 Å². The molecule has 3 aromatic rings. The van der Waals surface area contributed by atoms with Crippen LogP contribution in [-0.2, 0) is 17.6 Å². The standard InChI is InChI=1S/C20H19NO4S/c1-2-24-20(23)18-13-7-5-9-17(13)26-19(18)21-11-14(22)16-10-12-6-3-4-8-15(12)25-16/h3-4,6,8,10,21H,2,5,7,9,11H2,1H3. The molecule has 0 atom stereocenters. The molecule has 1 N–H and O–H groups in total. The predicted molar refractivity (Wildman–Crippen MR) is 101 cm³/mol. The number of rotatable bonds is 6. The fourth-order valence-electron chi connectivity index (χ4n) is 3.31. The molecule has 6 heteroatoms. The molecule has 0 amide bonds. The topological polar surface area (TPSA) is 68.5 Å². The molecule has 5 nitrogen and oxygen atoms in total. The van der Waals surface area contributed by atoms with Crippen molar-refractivity contribution in [3.05, 3.63) is 52.1 Å². The van der Waals surface area contributed by atoms with E-state index in [1.54, 1.807) is 24.3 Å². The molecule has 2 aromatic heterocycles. The predicted octanol–water partition coefficient (Wildman–Crippen LogP) is 4.45. The first kappa shape index (κ1) is 16.8. The number of aryl methyl sites for hydroxylation is 1. The Bertz CT molecular complexity index is 952. The lowest BCUT2D eigenvalue weighted by molar-refractivity contribution is 0.0526. The molecule has 1 aromatic carbocycles. The van der Waals surface area contributed by atoms with Crippen LogP contribution in [0.1, 0.15) is 44.7 Å². The number of para-hydroxylation sites is 1. The van der Waals surface area contributed by atoms with Crippen molar-refractivity contribution in [1.82, 2.24) is 0 Å². The summed E-state index contributed by atoms with van der Waals surface area (Å²) in [6.45, 7) is 2.20. The highest BCUT2D eigenvalue weighted by atomic mass is 32.1. The average Bonchev–Trinajstić information content (AvgIpc) is 3.32. The van der Waals surface area contributed by atoms with E-state index in [4.69, 9.17) is 9.15 Å². The molecule has 4 rings (SSSR count). The quantitative estimate of drug-likeness (QED) is 0.513. The Hall–Kier alpha value is -2.60. The molecule has 2 heterocycles. The summed E-state index contributed by atoms with van der Waals surface area (Å²) in [6, 6.07) is 9.27. The number of Topliss-reactive ketones (excluding diaryl/α,β-unsaturated/α-hetero) is 1. The monoisotopic (exact) mass is 369 g/mol. The SMILES string of the molecule is CCOC(=O)c1c(NCC(=O)c2cc3ccccc3o2)sc2c1CCC2. The van der Waals surface area contributed by atoms with Gasteiger partial charge in [-0.2, -0.15) is 0 Å². The third-order valence-corrected chi connectivity index (χ3v) is 5.76. The summed E-state index contributed by atoms with van der Waals surface area (Å²) in [6.07, 6.45) is 2.93. The summed E-state index contributed by atoms with van der Waals surface area (Å²) < 4.78 is 10.8. The Morgan fingerprint density at radius 2 is 2.12 bits per heavy atom. The van der Waals surface area contributed by atoms with Crippen LogP contribution in [0.15, 0.2) is 34.7 Å². The number of hydrogen-bond donors (Lipinski definition) is 1.